The van der Waals surface area contributed by atoms with Crippen LogP contribution in [0.4, 0.5) is 5.69 Å². The number of para-hydroxylation sites is 1. The van der Waals surface area contributed by atoms with Gasteiger partial charge in [0.1, 0.15) is 6.54 Å². The molecule has 26 heavy (non-hydrogen) atoms. The van der Waals surface area contributed by atoms with Crippen molar-refractivity contribution in [2.24, 2.45) is 5.73 Å². The number of amides is 2. The third-order valence-electron chi connectivity index (χ3n) is 4.65. The van der Waals surface area contributed by atoms with E-state index >= 15 is 0 Å². The summed E-state index contributed by atoms with van der Waals surface area (Å²) in [7, 11) is 0. The van der Waals surface area contributed by atoms with E-state index in [1.807, 2.05) is 26.0 Å². The van der Waals surface area contributed by atoms with Gasteiger partial charge in [0.2, 0.25) is 5.91 Å². The Labute approximate surface area is 151 Å². The minimum atomic E-state index is -2.01. The van der Waals surface area contributed by atoms with Gasteiger partial charge in [0.15, 0.2) is 11.4 Å². The van der Waals surface area contributed by atoms with Crippen LogP contribution in [0, 0.1) is 13.8 Å². The number of rotatable bonds is 5. The first-order valence-corrected chi connectivity index (χ1v) is 8.26. The zero-order valence-corrected chi connectivity index (χ0v) is 14.7. The SMILES string of the molecule is Cc1ccc(C(=O)CC2(O)C(=O)N(CC(N)=O)c3ccccc32)c(C)c1. The van der Waals surface area contributed by atoms with Crippen molar-refractivity contribution < 1.29 is 19.5 Å². The highest BCUT2D eigenvalue weighted by Gasteiger charge is 2.51. The first kappa shape index (κ1) is 17.8. The molecule has 134 valence electrons. The summed E-state index contributed by atoms with van der Waals surface area (Å²) in [6.07, 6.45) is -0.401. The lowest BCUT2D eigenvalue weighted by Gasteiger charge is -2.22. The summed E-state index contributed by atoms with van der Waals surface area (Å²) in [5.74, 6) is -1.75. The predicted molar refractivity (Wildman–Crippen MR) is 96.7 cm³/mol. The smallest absolute Gasteiger partial charge is 0.264 e. The van der Waals surface area contributed by atoms with E-state index < -0.39 is 23.8 Å². The van der Waals surface area contributed by atoms with E-state index in [-0.39, 0.29) is 12.3 Å². The molecule has 3 rings (SSSR count). The lowest BCUT2D eigenvalue weighted by Crippen LogP contribution is -2.44. The largest absolute Gasteiger partial charge is 0.375 e. The number of fused-ring (bicyclic) bond motifs is 1. The molecule has 3 N–H and O–H groups in total. The van der Waals surface area contributed by atoms with E-state index in [4.69, 9.17) is 5.73 Å². The van der Waals surface area contributed by atoms with Gasteiger partial charge in [-0.05, 0) is 25.5 Å². The summed E-state index contributed by atoms with van der Waals surface area (Å²) < 4.78 is 0. The van der Waals surface area contributed by atoms with Crippen LogP contribution in [0.3, 0.4) is 0 Å². The molecular weight excluding hydrogens is 332 g/mol. The molecule has 1 atom stereocenters. The Morgan fingerprint density at radius 1 is 1.15 bits per heavy atom. The monoisotopic (exact) mass is 352 g/mol. The van der Waals surface area contributed by atoms with E-state index in [9.17, 15) is 19.5 Å². The molecule has 1 heterocycles. The molecule has 2 aromatic rings. The van der Waals surface area contributed by atoms with Gasteiger partial charge in [-0.1, -0.05) is 42.0 Å². The standard InChI is InChI=1S/C20H20N2O4/c1-12-7-8-14(13(2)9-12)17(23)10-20(26)15-5-3-4-6-16(15)22(19(20)25)11-18(21)24/h3-9,26H,10-11H2,1-2H3,(H2,21,24). The molecule has 1 aliphatic heterocycles. The van der Waals surface area contributed by atoms with Crippen LogP contribution in [0.2, 0.25) is 0 Å². The van der Waals surface area contributed by atoms with Gasteiger partial charge in [0.05, 0.1) is 12.1 Å². The molecule has 2 aromatic carbocycles. The number of carbonyl (C=O) groups is 3. The molecule has 0 fully saturated rings. The fourth-order valence-corrected chi connectivity index (χ4v) is 3.44. The summed E-state index contributed by atoms with van der Waals surface area (Å²) in [5.41, 5.74) is 6.18. The van der Waals surface area contributed by atoms with Crippen LogP contribution in [0.25, 0.3) is 0 Å². The Morgan fingerprint density at radius 3 is 2.50 bits per heavy atom. The van der Waals surface area contributed by atoms with Crippen LogP contribution in [0.15, 0.2) is 42.5 Å². The van der Waals surface area contributed by atoms with Crippen molar-refractivity contribution in [3.05, 3.63) is 64.7 Å². The molecule has 6 nitrogen and oxygen atoms in total. The first-order valence-electron chi connectivity index (χ1n) is 8.26. The average Bonchev–Trinajstić information content (AvgIpc) is 2.77. The lowest BCUT2D eigenvalue weighted by atomic mass is 9.87. The van der Waals surface area contributed by atoms with Crippen molar-refractivity contribution in [1.82, 2.24) is 0 Å². The Balaban J connectivity index is 1.99. The van der Waals surface area contributed by atoms with Gasteiger partial charge in [-0.2, -0.15) is 0 Å². The minimum Gasteiger partial charge on any atom is -0.375 e. The third kappa shape index (κ3) is 2.88. The van der Waals surface area contributed by atoms with Crippen molar-refractivity contribution >= 4 is 23.3 Å². The van der Waals surface area contributed by atoms with E-state index in [1.165, 1.54) is 0 Å². The van der Waals surface area contributed by atoms with Gasteiger partial charge in [-0.15, -0.1) is 0 Å². The highest BCUT2D eigenvalue weighted by Crippen LogP contribution is 2.42. The fraction of sp³-hybridized carbons (Fsp3) is 0.250. The molecule has 2 amide bonds. The van der Waals surface area contributed by atoms with Gasteiger partial charge < -0.3 is 10.8 Å². The van der Waals surface area contributed by atoms with Crippen LogP contribution < -0.4 is 10.6 Å². The fourth-order valence-electron chi connectivity index (χ4n) is 3.44. The van der Waals surface area contributed by atoms with E-state index in [1.54, 1.807) is 30.3 Å². The number of primary amides is 1. The van der Waals surface area contributed by atoms with Crippen molar-refractivity contribution in [3.63, 3.8) is 0 Å². The number of ketones is 1. The van der Waals surface area contributed by atoms with Crippen LogP contribution in [0.5, 0.6) is 0 Å². The van der Waals surface area contributed by atoms with Crippen LogP contribution >= 0.6 is 0 Å². The zero-order valence-electron chi connectivity index (χ0n) is 14.7. The van der Waals surface area contributed by atoms with Crippen molar-refractivity contribution in [2.45, 2.75) is 25.9 Å². The number of Topliss-reactive ketones (excluding diaryl/α,β-unsaturated/α-hetero) is 1. The molecule has 0 aliphatic carbocycles. The molecule has 0 radical (unpaired) electrons. The second kappa shape index (κ2) is 6.38. The number of aryl methyl sites for hydroxylation is 2. The van der Waals surface area contributed by atoms with E-state index in [2.05, 4.69) is 0 Å². The number of nitrogens with zero attached hydrogens (tertiary/aromatic N) is 1. The molecule has 1 aliphatic rings. The molecular formula is C20H20N2O4. The molecule has 0 saturated carbocycles. The molecule has 0 spiro atoms. The van der Waals surface area contributed by atoms with Gasteiger partial charge in [0, 0.05) is 11.1 Å². The van der Waals surface area contributed by atoms with Crippen LogP contribution in [-0.4, -0.2) is 29.2 Å². The van der Waals surface area contributed by atoms with E-state index in [0.29, 0.717) is 16.8 Å². The lowest BCUT2D eigenvalue weighted by molar-refractivity contribution is -0.136. The highest BCUT2D eigenvalue weighted by molar-refractivity contribution is 6.12. The molecule has 6 heteroatoms. The van der Waals surface area contributed by atoms with Gasteiger partial charge >= 0.3 is 0 Å². The maximum atomic E-state index is 12.8. The van der Waals surface area contributed by atoms with Gasteiger partial charge in [0.25, 0.3) is 5.91 Å². The normalized spacial score (nSPS) is 18.7. The summed E-state index contributed by atoms with van der Waals surface area (Å²) in [6.45, 7) is 3.39. The molecule has 1 unspecified atom stereocenters. The van der Waals surface area contributed by atoms with Crippen LogP contribution in [0.1, 0.15) is 33.5 Å². The molecule has 0 aromatic heterocycles. The number of anilines is 1. The Hall–Kier alpha value is -2.99. The summed E-state index contributed by atoms with van der Waals surface area (Å²) in [5, 5.41) is 11.1. The highest BCUT2D eigenvalue weighted by atomic mass is 16.3. The second-order valence-electron chi connectivity index (χ2n) is 6.65. The third-order valence-corrected chi connectivity index (χ3v) is 4.65. The first-order chi connectivity index (χ1) is 12.2. The summed E-state index contributed by atoms with van der Waals surface area (Å²) in [4.78, 5) is 38.1. The predicted octanol–water partition coefficient (Wildman–Crippen LogP) is 1.60. The Kier molecular flexibility index (Phi) is 4.38. The second-order valence-corrected chi connectivity index (χ2v) is 6.65. The van der Waals surface area contributed by atoms with Crippen LogP contribution in [-0.2, 0) is 15.2 Å². The molecule has 0 bridgehead atoms. The molecule has 0 saturated heterocycles. The number of aliphatic hydroxyl groups is 1. The maximum Gasteiger partial charge on any atom is 0.264 e. The zero-order chi connectivity index (χ0) is 19.1. The average molecular weight is 352 g/mol. The number of hydrogen-bond acceptors (Lipinski definition) is 4. The van der Waals surface area contributed by atoms with Gasteiger partial charge in [-0.25, -0.2) is 0 Å². The number of nitrogens with two attached hydrogens (primary N) is 1. The number of benzene rings is 2. The summed E-state index contributed by atoms with van der Waals surface area (Å²) >= 11 is 0. The van der Waals surface area contributed by atoms with Crippen molar-refractivity contribution in [1.29, 1.82) is 0 Å². The van der Waals surface area contributed by atoms with Crippen molar-refractivity contribution in [2.75, 3.05) is 11.4 Å². The Bertz CT molecular complexity index is 922. The van der Waals surface area contributed by atoms with Gasteiger partial charge in [-0.3, -0.25) is 19.3 Å². The number of carbonyl (C=O) groups excluding carboxylic acids is 3. The number of hydrogen-bond donors (Lipinski definition) is 2. The van der Waals surface area contributed by atoms with Crippen molar-refractivity contribution in [3.8, 4) is 0 Å². The Morgan fingerprint density at radius 2 is 1.85 bits per heavy atom. The maximum absolute atomic E-state index is 12.8. The summed E-state index contributed by atoms with van der Waals surface area (Å²) in [6, 6.07) is 12.0. The quantitative estimate of drug-likeness (QED) is 0.798. The minimum absolute atomic E-state index is 0.310. The van der Waals surface area contributed by atoms with E-state index in [0.717, 1.165) is 16.0 Å². The topological polar surface area (TPSA) is 101 Å².